The molecule has 1 aliphatic heterocycles. The summed E-state index contributed by atoms with van der Waals surface area (Å²) in [6.07, 6.45) is 5.23. The van der Waals surface area contributed by atoms with Crippen molar-refractivity contribution >= 4 is 11.3 Å². The Morgan fingerprint density at radius 2 is 2.00 bits per heavy atom. The zero-order valence-electron chi connectivity index (χ0n) is 15.9. The summed E-state index contributed by atoms with van der Waals surface area (Å²) in [5, 5.41) is 13.6. The highest BCUT2D eigenvalue weighted by molar-refractivity contribution is 7.13. The number of hydrogen-bond acceptors (Lipinski definition) is 5. The van der Waals surface area contributed by atoms with Crippen LogP contribution in [0.4, 0.5) is 0 Å². The van der Waals surface area contributed by atoms with Crippen molar-refractivity contribution in [1.29, 1.82) is 0 Å². The number of nitrogens with zero attached hydrogens (tertiary/aromatic N) is 3. The molecule has 3 aromatic rings. The summed E-state index contributed by atoms with van der Waals surface area (Å²) in [5.41, 5.74) is 4.65. The van der Waals surface area contributed by atoms with Gasteiger partial charge >= 0.3 is 0 Å². The molecular weight excluding hydrogens is 394 g/mol. The predicted molar refractivity (Wildman–Crippen MR) is 116 cm³/mol. The van der Waals surface area contributed by atoms with Crippen molar-refractivity contribution in [2.45, 2.75) is 6.61 Å². The van der Waals surface area contributed by atoms with Gasteiger partial charge in [-0.2, -0.15) is 12.1 Å². The molecule has 0 saturated carbocycles. The van der Waals surface area contributed by atoms with Crippen LogP contribution in [-0.2, 0) is 6.61 Å². The molecule has 0 bridgehead atoms. The van der Waals surface area contributed by atoms with Crippen LogP contribution in [0.3, 0.4) is 0 Å². The second-order valence-electron chi connectivity index (χ2n) is 6.72. The quantitative estimate of drug-likeness (QED) is 0.303. The topological polar surface area (TPSA) is 68.1 Å². The van der Waals surface area contributed by atoms with Crippen molar-refractivity contribution < 1.29 is 9.84 Å². The van der Waals surface area contributed by atoms with E-state index < -0.39 is 0 Å². The molecule has 0 saturated heterocycles. The van der Waals surface area contributed by atoms with Crippen molar-refractivity contribution in [2.24, 2.45) is 0 Å². The molecule has 2 aliphatic rings. The number of hydrogen-bond donors (Lipinski definition) is 1. The van der Waals surface area contributed by atoms with Gasteiger partial charge in [-0.15, -0.1) is 23.3 Å². The van der Waals surface area contributed by atoms with Crippen LogP contribution in [0.5, 0.6) is 5.75 Å². The molecule has 1 aliphatic carbocycles. The Hall–Kier alpha value is -3.61. The Morgan fingerprint density at radius 1 is 1.10 bits per heavy atom. The summed E-state index contributed by atoms with van der Waals surface area (Å²) in [5.74, 6) is 0.679. The Morgan fingerprint density at radius 3 is 2.83 bits per heavy atom. The third kappa shape index (κ3) is 3.54. The van der Waals surface area contributed by atoms with Crippen molar-refractivity contribution in [3.63, 3.8) is 0 Å². The maximum Gasteiger partial charge on any atom is 0.250 e. The molecule has 5 rings (SSSR count). The van der Waals surface area contributed by atoms with Crippen molar-refractivity contribution in [2.75, 3.05) is 0 Å². The van der Waals surface area contributed by atoms with Gasteiger partial charge in [-0.05, 0) is 29.2 Å². The van der Waals surface area contributed by atoms with E-state index in [-0.39, 0.29) is 6.10 Å². The van der Waals surface area contributed by atoms with E-state index in [2.05, 4.69) is 15.0 Å². The highest BCUT2D eigenvalue weighted by Crippen LogP contribution is 2.40. The molecule has 5 nitrogen and oxygen atoms in total. The van der Waals surface area contributed by atoms with Gasteiger partial charge in [0.2, 0.25) is 5.01 Å². The molecule has 0 amide bonds. The van der Waals surface area contributed by atoms with Gasteiger partial charge in [-0.25, -0.2) is 0 Å². The Bertz CT molecular complexity index is 1220. The molecule has 0 atom stereocenters. The van der Waals surface area contributed by atoms with E-state index in [4.69, 9.17) is 4.74 Å². The lowest BCUT2D eigenvalue weighted by molar-refractivity contribution is 0.306. The number of aliphatic hydroxyl groups is 1. The van der Waals surface area contributed by atoms with Crippen LogP contribution in [-0.4, -0.2) is 20.1 Å². The van der Waals surface area contributed by atoms with Gasteiger partial charge in [-0.1, -0.05) is 48.3 Å². The first kappa shape index (κ1) is 18.4. The number of ether oxygens (including phenoxy) is 1. The van der Waals surface area contributed by atoms with Crippen LogP contribution in [0, 0.1) is 6.10 Å². The van der Waals surface area contributed by atoms with Crippen LogP contribution in [0.1, 0.15) is 16.8 Å². The largest absolute Gasteiger partial charge is 0.556 e. The number of aromatic nitrogens is 3. The van der Waals surface area contributed by atoms with Gasteiger partial charge in [0.1, 0.15) is 5.38 Å². The van der Waals surface area contributed by atoms with Crippen LogP contribution >= 0.6 is 11.3 Å². The highest BCUT2D eigenvalue weighted by Gasteiger charge is 2.16. The molecule has 148 valence electrons. The van der Waals surface area contributed by atoms with E-state index in [1.165, 1.54) is 11.3 Å². The maximum atomic E-state index is 11.0. The standard InChI is InChI=1S/C24H17N3O2S/c28-23(20-15-30-24(27-20)17-8-5-11-25-12-17)18-13-26-19-9-4-10-21(22(18)19)29-14-16-6-2-1-3-7-16/h1-13,15,28H,14H2/q-2. The SMILES string of the molecule is O[C-](c1c[s+][c-](-c2cccnc2)n1)c1cnc2c[cH-]cc(OCc3ccccc3)c1-2. The zero-order chi connectivity index (χ0) is 20.3. The van der Waals surface area contributed by atoms with Crippen LogP contribution in [0.15, 0.2) is 84.6 Å². The van der Waals surface area contributed by atoms with Gasteiger partial charge in [0.25, 0.3) is 0 Å². The van der Waals surface area contributed by atoms with E-state index in [0.29, 0.717) is 23.6 Å². The monoisotopic (exact) mass is 411 g/mol. The number of aliphatic hydroxyl groups excluding tert-OH is 1. The van der Waals surface area contributed by atoms with Gasteiger partial charge in [-0.3, -0.25) is 4.98 Å². The molecule has 0 radical (unpaired) electrons. The van der Waals surface area contributed by atoms with Crippen LogP contribution in [0.25, 0.3) is 21.8 Å². The first-order chi connectivity index (χ1) is 14.8. The van der Waals surface area contributed by atoms with Crippen molar-refractivity contribution in [3.05, 3.63) is 108 Å². The average Bonchev–Trinajstić information content (AvgIpc) is 3.47. The molecule has 0 spiro atoms. The lowest BCUT2D eigenvalue weighted by Gasteiger charge is -2.26. The number of fused-ring (bicyclic) bond motifs is 1. The minimum atomic E-state index is 0.0830. The van der Waals surface area contributed by atoms with Crippen molar-refractivity contribution in [1.82, 2.24) is 15.0 Å². The molecule has 2 aromatic heterocycles. The normalized spacial score (nSPS) is 11.0. The third-order valence-electron chi connectivity index (χ3n) is 4.75. The molecular formula is C24H17N3O2S-2. The fourth-order valence-electron chi connectivity index (χ4n) is 3.27. The second kappa shape index (κ2) is 8.02. The molecule has 30 heavy (non-hydrogen) atoms. The third-order valence-corrected chi connectivity index (χ3v) is 5.65. The van der Waals surface area contributed by atoms with Gasteiger partial charge in [0, 0.05) is 11.9 Å². The molecule has 1 aromatic carbocycles. The number of rotatable bonds is 6. The Balaban J connectivity index is 1.45. The minimum absolute atomic E-state index is 0.0830. The number of pyridine rings is 1. The Labute approximate surface area is 178 Å². The zero-order valence-corrected chi connectivity index (χ0v) is 16.7. The molecule has 0 unspecified atom stereocenters. The summed E-state index contributed by atoms with van der Waals surface area (Å²) < 4.78 is 6.07. The molecule has 1 N–H and O–H groups in total. The average molecular weight is 411 g/mol. The van der Waals surface area contributed by atoms with E-state index in [0.717, 1.165) is 27.4 Å². The van der Waals surface area contributed by atoms with Crippen LogP contribution in [0.2, 0.25) is 0 Å². The van der Waals surface area contributed by atoms with Crippen molar-refractivity contribution in [3.8, 4) is 27.6 Å². The second-order valence-corrected chi connectivity index (χ2v) is 7.58. The van der Waals surface area contributed by atoms with Gasteiger partial charge < -0.3 is 19.8 Å². The fourth-order valence-corrected chi connectivity index (χ4v) is 4.07. The van der Waals surface area contributed by atoms with Gasteiger partial charge in [0.05, 0.1) is 6.61 Å². The number of benzene rings is 2. The Kier molecular flexibility index (Phi) is 4.93. The summed E-state index contributed by atoms with van der Waals surface area (Å²) in [6, 6.07) is 19.5. The lowest BCUT2D eigenvalue weighted by Crippen LogP contribution is -2.03. The minimum Gasteiger partial charge on any atom is -0.556 e. The predicted octanol–water partition coefficient (Wildman–Crippen LogP) is 5.30. The first-order valence-electron chi connectivity index (χ1n) is 9.43. The van der Waals surface area contributed by atoms with E-state index in [1.54, 1.807) is 18.6 Å². The maximum absolute atomic E-state index is 11.0. The fraction of sp³-hybridized carbons (Fsp3) is 0.0417. The summed E-state index contributed by atoms with van der Waals surface area (Å²) >= 11 is 1.46. The first-order valence-corrected chi connectivity index (χ1v) is 10.3. The summed E-state index contributed by atoms with van der Waals surface area (Å²) in [4.78, 5) is 13.2. The van der Waals surface area contributed by atoms with E-state index in [9.17, 15) is 5.11 Å². The summed E-state index contributed by atoms with van der Waals surface area (Å²) in [7, 11) is 0. The van der Waals surface area contributed by atoms with Crippen LogP contribution < -0.4 is 4.74 Å². The highest BCUT2D eigenvalue weighted by atomic mass is 32.1. The van der Waals surface area contributed by atoms with Gasteiger partial charge in [0.15, 0.2) is 11.3 Å². The summed E-state index contributed by atoms with van der Waals surface area (Å²) in [6.45, 7) is 0.438. The van der Waals surface area contributed by atoms with E-state index in [1.807, 2.05) is 66.0 Å². The molecule has 3 heterocycles. The smallest absolute Gasteiger partial charge is 0.250 e. The van der Waals surface area contributed by atoms with E-state index >= 15 is 0 Å². The lowest BCUT2D eigenvalue weighted by atomic mass is 10.0. The molecule has 6 heteroatoms. The molecule has 0 fully saturated rings. The number of thiazole rings is 1.